The molecule has 0 aliphatic rings. The smallest absolute Gasteiger partial charge is 0.299 e. The van der Waals surface area contributed by atoms with Gasteiger partial charge in [0.1, 0.15) is 5.82 Å². The van der Waals surface area contributed by atoms with Crippen molar-refractivity contribution in [3.63, 3.8) is 0 Å². The molecule has 2 rings (SSSR count). The SMILES string of the molecule is Cc1nc2nc(C(F)(F)F)c(C(C)Br)cc2c(=O)n1C. The van der Waals surface area contributed by atoms with E-state index in [-0.39, 0.29) is 16.6 Å². The molecule has 0 saturated heterocycles. The molecule has 1 atom stereocenters. The maximum atomic E-state index is 13.0. The molecule has 8 heteroatoms. The minimum atomic E-state index is -4.60. The molecule has 0 saturated carbocycles. The Bertz CT molecular complexity index is 737. The molecule has 0 N–H and O–H groups in total. The van der Waals surface area contributed by atoms with Crippen molar-refractivity contribution < 1.29 is 13.2 Å². The molecule has 2 aromatic heterocycles. The van der Waals surface area contributed by atoms with Crippen LogP contribution >= 0.6 is 15.9 Å². The van der Waals surface area contributed by atoms with E-state index in [1.165, 1.54) is 24.6 Å². The lowest BCUT2D eigenvalue weighted by Gasteiger charge is -2.15. The maximum absolute atomic E-state index is 13.0. The standard InChI is InChI=1S/C12H11BrF3N3O/c1-5(13)7-4-8-10(18-9(7)12(14,15)16)17-6(2)19(3)11(8)20/h4-5H,1-3H3. The number of pyridine rings is 1. The van der Waals surface area contributed by atoms with Crippen LogP contribution in [0.15, 0.2) is 10.9 Å². The Morgan fingerprint density at radius 2 is 1.95 bits per heavy atom. The van der Waals surface area contributed by atoms with Crippen LogP contribution in [0, 0.1) is 6.92 Å². The molecule has 2 heterocycles. The third-order valence-corrected chi connectivity index (χ3v) is 3.51. The number of nitrogens with zero attached hydrogens (tertiary/aromatic N) is 3. The highest BCUT2D eigenvalue weighted by Gasteiger charge is 2.37. The summed E-state index contributed by atoms with van der Waals surface area (Å²) in [4.78, 5) is 19.0. The first-order chi connectivity index (χ1) is 9.12. The van der Waals surface area contributed by atoms with Crippen LogP contribution in [0.25, 0.3) is 11.0 Å². The topological polar surface area (TPSA) is 47.8 Å². The second-order valence-electron chi connectivity index (χ2n) is 4.43. The third kappa shape index (κ3) is 2.44. The minimum absolute atomic E-state index is 0.0762. The number of hydrogen-bond donors (Lipinski definition) is 0. The van der Waals surface area contributed by atoms with Crippen LogP contribution < -0.4 is 5.56 Å². The largest absolute Gasteiger partial charge is 0.433 e. The van der Waals surface area contributed by atoms with Gasteiger partial charge < -0.3 is 0 Å². The number of halogens is 4. The van der Waals surface area contributed by atoms with Crippen LogP contribution in [0.1, 0.15) is 28.8 Å². The van der Waals surface area contributed by atoms with Gasteiger partial charge in [0.2, 0.25) is 0 Å². The number of rotatable bonds is 1. The summed E-state index contributed by atoms with van der Waals surface area (Å²) in [5.41, 5.74) is -1.69. The number of aromatic nitrogens is 3. The van der Waals surface area contributed by atoms with Gasteiger partial charge >= 0.3 is 6.18 Å². The van der Waals surface area contributed by atoms with E-state index in [4.69, 9.17) is 0 Å². The Balaban J connectivity index is 2.93. The van der Waals surface area contributed by atoms with Crippen molar-refractivity contribution in [1.82, 2.24) is 14.5 Å². The average molecular weight is 350 g/mol. The van der Waals surface area contributed by atoms with Crippen LogP contribution in [0.5, 0.6) is 0 Å². The summed E-state index contributed by atoms with van der Waals surface area (Å²) >= 11 is 3.10. The Hall–Kier alpha value is -1.44. The van der Waals surface area contributed by atoms with Crippen LogP contribution in [0.4, 0.5) is 13.2 Å². The summed E-state index contributed by atoms with van der Waals surface area (Å²) in [6.45, 7) is 3.08. The van der Waals surface area contributed by atoms with E-state index in [1.807, 2.05) is 0 Å². The van der Waals surface area contributed by atoms with Crippen molar-refractivity contribution in [1.29, 1.82) is 0 Å². The summed E-state index contributed by atoms with van der Waals surface area (Å²) < 4.78 is 40.3. The van der Waals surface area contributed by atoms with Gasteiger partial charge in [0.15, 0.2) is 11.3 Å². The van der Waals surface area contributed by atoms with Crippen molar-refractivity contribution in [2.45, 2.75) is 24.9 Å². The third-order valence-electron chi connectivity index (χ3n) is 3.02. The molecule has 0 bridgehead atoms. The molecule has 20 heavy (non-hydrogen) atoms. The van der Waals surface area contributed by atoms with Crippen molar-refractivity contribution in [2.24, 2.45) is 7.05 Å². The molecular formula is C12H11BrF3N3O. The summed E-state index contributed by atoms with van der Waals surface area (Å²) in [7, 11) is 1.51. The van der Waals surface area contributed by atoms with E-state index in [0.29, 0.717) is 5.82 Å². The number of hydrogen-bond acceptors (Lipinski definition) is 3. The van der Waals surface area contributed by atoms with E-state index in [1.54, 1.807) is 6.92 Å². The predicted octanol–water partition coefficient (Wildman–Crippen LogP) is 3.11. The normalized spacial score (nSPS) is 13.8. The fourth-order valence-electron chi connectivity index (χ4n) is 1.85. The molecular weight excluding hydrogens is 339 g/mol. The molecule has 0 aliphatic carbocycles. The Labute approximate surface area is 120 Å². The quantitative estimate of drug-likeness (QED) is 0.743. The molecule has 0 aromatic carbocycles. The monoisotopic (exact) mass is 349 g/mol. The van der Waals surface area contributed by atoms with Gasteiger partial charge in [-0.05, 0) is 25.5 Å². The number of aryl methyl sites for hydroxylation is 1. The molecule has 108 valence electrons. The minimum Gasteiger partial charge on any atom is -0.299 e. The zero-order valence-corrected chi connectivity index (χ0v) is 12.5. The highest BCUT2D eigenvalue weighted by atomic mass is 79.9. The van der Waals surface area contributed by atoms with E-state index in [9.17, 15) is 18.0 Å². The Morgan fingerprint density at radius 3 is 2.45 bits per heavy atom. The van der Waals surface area contributed by atoms with Crippen LogP contribution in [-0.4, -0.2) is 14.5 Å². The fraction of sp³-hybridized carbons (Fsp3) is 0.417. The van der Waals surface area contributed by atoms with Gasteiger partial charge in [0.25, 0.3) is 5.56 Å². The molecule has 0 amide bonds. The Kier molecular flexibility index (Phi) is 3.62. The summed E-state index contributed by atoms with van der Waals surface area (Å²) in [5.74, 6) is 0.308. The lowest BCUT2D eigenvalue weighted by Crippen LogP contribution is -2.23. The summed E-state index contributed by atoms with van der Waals surface area (Å²) in [6.07, 6.45) is -4.60. The van der Waals surface area contributed by atoms with E-state index in [2.05, 4.69) is 25.9 Å². The summed E-state index contributed by atoms with van der Waals surface area (Å²) in [5, 5.41) is 0.0763. The van der Waals surface area contributed by atoms with Gasteiger partial charge in [-0.2, -0.15) is 13.2 Å². The molecule has 0 spiro atoms. The average Bonchev–Trinajstić information content (AvgIpc) is 2.33. The van der Waals surface area contributed by atoms with E-state index >= 15 is 0 Å². The first-order valence-electron chi connectivity index (χ1n) is 5.72. The summed E-state index contributed by atoms with van der Waals surface area (Å²) in [6, 6.07) is 1.21. The van der Waals surface area contributed by atoms with Gasteiger partial charge in [0, 0.05) is 11.9 Å². The molecule has 0 aliphatic heterocycles. The zero-order chi connectivity index (χ0) is 15.2. The van der Waals surface area contributed by atoms with Crippen LogP contribution in [-0.2, 0) is 13.2 Å². The van der Waals surface area contributed by atoms with Gasteiger partial charge in [-0.25, -0.2) is 9.97 Å². The van der Waals surface area contributed by atoms with Crippen molar-refractivity contribution >= 4 is 27.0 Å². The zero-order valence-electron chi connectivity index (χ0n) is 10.9. The fourth-order valence-corrected chi connectivity index (χ4v) is 2.20. The van der Waals surface area contributed by atoms with Gasteiger partial charge in [-0.1, -0.05) is 15.9 Å². The number of fused-ring (bicyclic) bond motifs is 1. The van der Waals surface area contributed by atoms with Crippen molar-refractivity contribution in [3.8, 4) is 0 Å². The van der Waals surface area contributed by atoms with Crippen LogP contribution in [0.3, 0.4) is 0 Å². The molecule has 2 aromatic rings. The van der Waals surface area contributed by atoms with E-state index < -0.39 is 22.3 Å². The lowest BCUT2D eigenvalue weighted by molar-refractivity contribution is -0.141. The molecule has 1 unspecified atom stereocenters. The number of alkyl halides is 4. The first-order valence-corrected chi connectivity index (χ1v) is 6.64. The Morgan fingerprint density at radius 1 is 1.35 bits per heavy atom. The van der Waals surface area contributed by atoms with Gasteiger partial charge in [0.05, 0.1) is 5.39 Å². The second-order valence-corrected chi connectivity index (χ2v) is 5.81. The lowest BCUT2D eigenvalue weighted by atomic mass is 10.1. The molecule has 0 radical (unpaired) electrons. The molecule has 0 fully saturated rings. The second kappa shape index (κ2) is 4.83. The van der Waals surface area contributed by atoms with Crippen LogP contribution in [0.2, 0.25) is 0 Å². The first kappa shape index (κ1) is 15.0. The predicted molar refractivity (Wildman–Crippen MR) is 71.9 cm³/mol. The van der Waals surface area contributed by atoms with Gasteiger partial charge in [-0.3, -0.25) is 9.36 Å². The van der Waals surface area contributed by atoms with Crippen molar-refractivity contribution in [3.05, 3.63) is 33.5 Å². The van der Waals surface area contributed by atoms with E-state index in [0.717, 1.165) is 0 Å². The molecule has 4 nitrogen and oxygen atoms in total. The van der Waals surface area contributed by atoms with Crippen molar-refractivity contribution in [2.75, 3.05) is 0 Å². The maximum Gasteiger partial charge on any atom is 0.433 e. The van der Waals surface area contributed by atoms with Gasteiger partial charge in [-0.15, -0.1) is 0 Å². The highest BCUT2D eigenvalue weighted by Crippen LogP contribution is 2.36. The highest BCUT2D eigenvalue weighted by molar-refractivity contribution is 9.09.